The van der Waals surface area contributed by atoms with Crippen molar-refractivity contribution >= 4 is 10.0 Å². The van der Waals surface area contributed by atoms with Crippen LogP contribution < -0.4 is 4.72 Å². The molecule has 0 aromatic heterocycles. The Morgan fingerprint density at radius 1 is 0.857 bits per heavy atom. The molecule has 0 aliphatic carbocycles. The molecule has 0 heterocycles. The molecule has 0 spiro atoms. The molecule has 1 unspecified atom stereocenters. The molecule has 0 saturated carbocycles. The Morgan fingerprint density at radius 2 is 1.33 bits per heavy atom. The molecular weight excluding hydrogens is 286 g/mol. The van der Waals surface area contributed by atoms with Gasteiger partial charge in [-0.25, -0.2) is 8.42 Å². The van der Waals surface area contributed by atoms with Crippen LogP contribution in [0.2, 0.25) is 0 Å². The lowest BCUT2D eigenvalue weighted by molar-refractivity contribution is 0.149. The van der Waals surface area contributed by atoms with Crippen molar-refractivity contribution in [3.63, 3.8) is 0 Å². The fraction of sp³-hybridized carbons (Fsp3) is 1.00. The minimum atomic E-state index is -3.39. The van der Waals surface area contributed by atoms with Crippen molar-refractivity contribution in [3.05, 3.63) is 0 Å². The van der Waals surface area contributed by atoms with Crippen LogP contribution in [0.15, 0.2) is 0 Å². The summed E-state index contributed by atoms with van der Waals surface area (Å²) >= 11 is 0. The summed E-state index contributed by atoms with van der Waals surface area (Å²) < 4.78 is 26.5. The number of aliphatic hydroxyl groups is 1. The second-order valence-corrected chi connectivity index (χ2v) is 8.17. The molecule has 4 nitrogen and oxygen atoms in total. The van der Waals surface area contributed by atoms with Gasteiger partial charge in [-0.05, 0) is 26.2 Å². The van der Waals surface area contributed by atoms with Crippen LogP contribution in [0, 0.1) is 0 Å². The predicted octanol–water partition coefficient (Wildman–Crippen LogP) is 3.94. The fourth-order valence-corrected chi connectivity index (χ4v) is 3.53. The number of rotatable bonds is 14. The maximum atomic E-state index is 12.1. The zero-order valence-corrected chi connectivity index (χ0v) is 14.9. The second kappa shape index (κ2) is 12.4. The third kappa shape index (κ3) is 11.1. The molecule has 5 heteroatoms. The van der Waals surface area contributed by atoms with E-state index in [4.69, 9.17) is 0 Å². The van der Waals surface area contributed by atoms with Crippen molar-refractivity contribution in [2.45, 2.75) is 103 Å². The summed E-state index contributed by atoms with van der Waals surface area (Å²) in [5.74, 6) is 0. The normalized spacial score (nSPS) is 15.0. The molecule has 0 bridgehead atoms. The van der Waals surface area contributed by atoms with Crippen molar-refractivity contribution in [2.24, 2.45) is 0 Å². The second-order valence-electron chi connectivity index (χ2n) is 6.04. The summed E-state index contributed by atoms with van der Waals surface area (Å²) in [5.41, 5.74) is 0. The molecule has 0 rings (SSSR count). The maximum absolute atomic E-state index is 12.1. The minimum absolute atomic E-state index is 0.426. The van der Waals surface area contributed by atoms with Crippen LogP contribution in [-0.2, 0) is 10.0 Å². The Morgan fingerprint density at radius 3 is 1.95 bits per heavy atom. The smallest absolute Gasteiger partial charge is 0.216 e. The first-order chi connectivity index (χ1) is 9.94. The lowest BCUT2D eigenvalue weighted by Gasteiger charge is -2.17. The van der Waals surface area contributed by atoms with Gasteiger partial charge in [-0.2, -0.15) is 4.72 Å². The Bertz CT molecular complexity index is 330. The highest BCUT2D eigenvalue weighted by Gasteiger charge is 2.22. The zero-order chi connectivity index (χ0) is 16.1. The van der Waals surface area contributed by atoms with Crippen LogP contribution in [0.25, 0.3) is 0 Å². The first-order valence-corrected chi connectivity index (χ1v) is 10.2. The Balaban J connectivity index is 3.90. The number of sulfonamides is 1. The van der Waals surface area contributed by atoms with Crippen LogP contribution in [-0.4, -0.2) is 25.0 Å². The summed E-state index contributed by atoms with van der Waals surface area (Å²) in [6, 6.07) is 0. The predicted molar refractivity (Wildman–Crippen MR) is 89.7 cm³/mol. The third-order valence-corrected chi connectivity index (χ3v) is 5.77. The van der Waals surface area contributed by atoms with Gasteiger partial charge in [0.1, 0.15) is 6.23 Å². The van der Waals surface area contributed by atoms with Crippen molar-refractivity contribution in [1.82, 2.24) is 4.72 Å². The maximum Gasteiger partial charge on any atom is 0.216 e. The monoisotopic (exact) mass is 321 g/mol. The Labute approximate surface area is 131 Å². The Hall–Kier alpha value is -0.130. The summed E-state index contributed by atoms with van der Waals surface area (Å²) in [7, 11) is -3.39. The highest BCUT2D eigenvalue weighted by atomic mass is 32.2. The van der Waals surface area contributed by atoms with E-state index >= 15 is 0 Å². The van der Waals surface area contributed by atoms with Gasteiger partial charge in [-0.3, -0.25) is 0 Å². The molecular formula is C16H35NO3S. The van der Waals surface area contributed by atoms with Gasteiger partial charge in [0.15, 0.2) is 0 Å². The standard InChI is InChI=1S/C16H35NO3S/c1-4-6-8-9-10-12-13-15(3)21(19,20)17-16(18)14-11-7-5-2/h15-18H,4-14H2,1-3H3/t15?,16-/m1/s1. The first-order valence-electron chi connectivity index (χ1n) is 8.63. The summed E-state index contributed by atoms with van der Waals surface area (Å²) in [5, 5.41) is 9.31. The molecule has 0 amide bonds. The van der Waals surface area contributed by atoms with Crippen molar-refractivity contribution in [3.8, 4) is 0 Å². The summed E-state index contributed by atoms with van der Waals surface area (Å²) in [6.07, 6.45) is 10.1. The van der Waals surface area contributed by atoms with E-state index in [1.54, 1.807) is 6.92 Å². The molecule has 0 aromatic carbocycles. The first kappa shape index (κ1) is 20.9. The molecule has 0 radical (unpaired) electrons. The molecule has 0 aliphatic rings. The average Bonchev–Trinajstić information content (AvgIpc) is 2.42. The highest BCUT2D eigenvalue weighted by Crippen LogP contribution is 2.13. The number of hydrogen-bond acceptors (Lipinski definition) is 3. The van der Waals surface area contributed by atoms with E-state index in [-0.39, 0.29) is 0 Å². The van der Waals surface area contributed by atoms with Gasteiger partial charge in [0, 0.05) is 0 Å². The topological polar surface area (TPSA) is 66.4 Å². The SMILES string of the molecule is CCCCCCCCC(C)S(=O)(=O)N[C@H](O)CCCCC. The van der Waals surface area contributed by atoms with E-state index in [1.807, 2.05) is 0 Å². The van der Waals surface area contributed by atoms with Crippen LogP contribution in [0.5, 0.6) is 0 Å². The van der Waals surface area contributed by atoms with Crippen LogP contribution in [0.1, 0.15) is 91.4 Å². The molecule has 0 aliphatic heterocycles. The summed E-state index contributed by atoms with van der Waals surface area (Å²) in [6.45, 7) is 6.00. The molecule has 2 atom stereocenters. The quantitative estimate of drug-likeness (QED) is 0.376. The van der Waals surface area contributed by atoms with Gasteiger partial charge >= 0.3 is 0 Å². The van der Waals surface area contributed by atoms with Gasteiger partial charge in [-0.1, -0.05) is 65.2 Å². The van der Waals surface area contributed by atoms with Crippen molar-refractivity contribution < 1.29 is 13.5 Å². The fourth-order valence-electron chi connectivity index (χ4n) is 2.32. The van der Waals surface area contributed by atoms with E-state index in [0.29, 0.717) is 12.8 Å². The lowest BCUT2D eigenvalue weighted by atomic mass is 10.1. The van der Waals surface area contributed by atoms with Crippen LogP contribution in [0.3, 0.4) is 0 Å². The number of aliphatic hydroxyl groups excluding tert-OH is 1. The molecule has 21 heavy (non-hydrogen) atoms. The van der Waals surface area contributed by atoms with Gasteiger partial charge < -0.3 is 5.11 Å². The summed E-state index contributed by atoms with van der Waals surface area (Å²) in [4.78, 5) is 0. The largest absolute Gasteiger partial charge is 0.378 e. The van der Waals surface area contributed by atoms with Gasteiger partial charge in [-0.15, -0.1) is 0 Å². The van der Waals surface area contributed by atoms with Crippen LogP contribution in [0.4, 0.5) is 0 Å². The molecule has 0 saturated heterocycles. The van der Waals surface area contributed by atoms with Gasteiger partial charge in [0.2, 0.25) is 10.0 Å². The van der Waals surface area contributed by atoms with E-state index in [1.165, 1.54) is 25.7 Å². The van der Waals surface area contributed by atoms with Gasteiger partial charge in [0.05, 0.1) is 5.25 Å². The van der Waals surface area contributed by atoms with E-state index in [2.05, 4.69) is 18.6 Å². The molecule has 128 valence electrons. The molecule has 0 fully saturated rings. The van der Waals surface area contributed by atoms with Crippen molar-refractivity contribution in [1.29, 1.82) is 0 Å². The number of unbranched alkanes of at least 4 members (excludes halogenated alkanes) is 7. The third-order valence-electron chi connectivity index (χ3n) is 3.88. The molecule has 2 N–H and O–H groups in total. The van der Waals surface area contributed by atoms with Gasteiger partial charge in [0.25, 0.3) is 0 Å². The lowest BCUT2D eigenvalue weighted by Crippen LogP contribution is -2.39. The molecule has 0 aromatic rings. The Kier molecular flexibility index (Phi) is 12.3. The van der Waals surface area contributed by atoms with E-state index < -0.39 is 21.5 Å². The highest BCUT2D eigenvalue weighted by molar-refractivity contribution is 7.90. The van der Waals surface area contributed by atoms with Crippen molar-refractivity contribution in [2.75, 3.05) is 0 Å². The average molecular weight is 322 g/mol. The number of nitrogens with one attached hydrogen (secondary N) is 1. The van der Waals surface area contributed by atoms with E-state index in [0.717, 1.165) is 32.1 Å². The van der Waals surface area contributed by atoms with E-state index in [9.17, 15) is 13.5 Å². The zero-order valence-electron chi connectivity index (χ0n) is 14.1. The number of hydrogen-bond donors (Lipinski definition) is 2. The van der Waals surface area contributed by atoms with Crippen LogP contribution >= 0.6 is 0 Å². The minimum Gasteiger partial charge on any atom is -0.378 e.